The molecule has 2 N–H and O–H groups in total. The molecule has 0 radical (unpaired) electrons. The highest BCUT2D eigenvalue weighted by molar-refractivity contribution is 5.91. The zero-order chi connectivity index (χ0) is 17.6. The van der Waals surface area contributed by atoms with Gasteiger partial charge in [-0.2, -0.15) is 0 Å². The molecule has 128 valence electrons. The summed E-state index contributed by atoms with van der Waals surface area (Å²) in [7, 11) is 0. The molecule has 0 spiro atoms. The van der Waals surface area contributed by atoms with Crippen LogP contribution < -0.4 is 10.8 Å². The minimum atomic E-state index is -0.255. The maximum atomic E-state index is 11.9. The van der Waals surface area contributed by atoms with E-state index in [0.29, 0.717) is 11.5 Å². The molecule has 0 unspecified atom stereocenters. The summed E-state index contributed by atoms with van der Waals surface area (Å²) < 4.78 is 5.66. The second kappa shape index (κ2) is 7.68. The number of fused-ring (bicyclic) bond motifs is 1. The molecule has 0 bridgehead atoms. The van der Waals surface area contributed by atoms with E-state index in [1.165, 1.54) is 5.56 Å². The number of carbonyl (C=O) groups is 1. The van der Waals surface area contributed by atoms with Crippen LogP contribution in [0.4, 0.5) is 5.69 Å². The van der Waals surface area contributed by atoms with E-state index in [-0.39, 0.29) is 12.5 Å². The molecule has 0 aliphatic carbocycles. The maximum Gasteiger partial charge on any atom is 0.253 e. The summed E-state index contributed by atoms with van der Waals surface area (Å²) in [6.07, 6.45) is 0.963. The number of amides is 1. The van der Waals surface area contributed by atoms with E-state index >= 15 is 0 Å². The minimum Gasteiger partial charge on any atom is -0.454 e. The zero-order valence-electron chi connectivity index (χ0n) is 14.0. The predicted molar refractivity (Wildman–Crippen MR) is 98.8 cm³/mol. The first-order chi connectivity index (χ1) is 12.2. The Bertz CT molecular complexity index is 848. The molecule has 0 aliphatic heterocycles. The van der Waals surface area contributed by atoms with Crippen molar-refractivity contribution in [2.45, 2.75) is 13.3 Å². The highest BCUT2D eigenvalue weighted by atomic mass is 16.6. The van der Waals surface area contributed by atoms with Gasteiger partial charge in [-0.25, -0.2) is 0 Å². The van der Waals surface area contributed by atoms with Gasteiger partial charge in [0.05, 0.1) is 5.70 Å². The van der Waals surface area contributed by atoms with Crippen molar-refractivity contribution in [2.24, 2.45) is 0 Å². The van der Waals surface area contributed by atoms with E-state index in [4.69, 9.17) is 9.25 Å². The van der Waals surface area contributed by atoms with Crippen LogP contribution in [-0.2, 0) is 16.1 Å². The number of hydrogen-bond donors (Lipinski definition) is 2. The zero-order valence-corrected chi connectivity index (χ0v) is 14.0. The molecule has 1 heterocycles. The van der Waals surface area contributed by atoms with Crippen molar-refractivity contribution in [2.75, 3.05) is 11.9 Å². The lowest BCUT2D eigenvalue weighted by Crippen LogP contribution is -2.23. The number of hydrogen-bond acceptors (Lipinski definition) is 4. The van der Waals surface area contributed by atoms with Crippen LogP contribution in [-0.4, -0.2) is 12.5 Å². The lowest BCUT2D eigenvalue weighted by Gasteiger charge is -2.09. The largest absolute Gasteiger partial charge is 0.454 e. The fraction of sp³-hybridized carbons (Fsp3) is 0.150. The van der Waals surface area contributed by atoms with Gasteiger partial charge in [0.25, 0.3) is 5.91 Å². The van der Waals surface area contributed by atoms with E-state index in [0.717, 1.165) is 23.1 Å². The summed E-state index contributed by atoms with van der Waals surface area (Å²) in [6, 6.07) is 17.2. The lowest BCUT2D eigenvalue weighted by molar-refractivity contribution is -0.122. The molecule has 3 aromatic rings. The van der Waals surface area contributed by atoms with E-state index in [1.807, 2.05) is 54.6 Å². The monoisotopic (exact) mass is 336 g/mol. The summed E-state index contributed by atoms with van der Waals surface area (Å²) in [5, 5.41) is 3.75. The first-order valence-corrected chi connectivity index (χ1v) is 8.10. The number of furan rings is 1. The van der Waals surface area contributed by atoms with Gasteiger partial charge in [-0.3, -0.25) is 15.1 Å². The van der Waals surface area contributed by atoms with Crippen LogP contribution in [0, 0.1) is 0 Å². The number of para-hydroxylation sites is 1. The summed E-state index contributed by atoms with van der Waals surface area (Å²) in [6.45, 7) is 5.80. The number of hydroxylamine groups is 1. The van der Waals surface area contributed by atoms with Crippen LogP contribution in [0.2, 0.25) is 0 Å². The summed E-state index contributed by atoms with van der Waals surface area (Å²) in [4.78, 5) is 17.1. The lowest BCUT2D eigenvalue weighted by atomic mass is 10.1. The van der Waals surface area contributed by atoms with E-state index in [1.54, 1.807) is 0 Å². The molecule has 5 heteroatoms. The maximum absolute atomic E-state index is 11.9. The number of carbonyl (C=O) groups excluding carboxylic acids is 1. The normalized spacial score (nSPS) is 10.6. The van der Waals surface area contributed by atoms with Crippen LogP contribution in [0.25, 0.3) is 16.7 Å². The molecule has 25 heavy (non-hydrogen) atoms. The van der Waals surface area contributed by atoms with Gasteiger partial charge in [0.15, 0.2) is 12.4 Å². The van der Waals surface area contributed by atoms with Crippen LogP contribution in [0.5, 0.6) is 0 Å². The van der Waals surface area contributed by atoms with Crippen molar-refractivity contribution in [1.29, 1.82) is 0 Å². The number of anilines is 1. The van der Waals surface area contributed by atoms with Gasteiger partial charge >= 0.3 is 0 Å². The quantitative estimate of drug-likeness (QED) is 0.637. The first-order valence-electron chi connectivity index (χ1n) is 8.10. The Morgan fingerprint density at radius 2 is 1.92 bits per heavy atom. The van der Waals surface area contributed by atoms with E-state index < -0.39 is 0 Å². The molecule has 1 amide bonds. The number of rotatable bonds is 7. The van der Waals surface area contributed by atoms with E-state index in [2.05, 4.69) is 24.3 Å². The molecule has 1 aromatic heterocycles. The molecule has 0 fully saturated rings. The Balaban J connectivity index is 1.48. The fourth-order valence-electron chi connectivity index (χ4n) is 2.39. The minimum absolute atomic E-state index is 0.144. The Morgan fingerprint density at radius 3 is 2.64 bits per heavy atom. The molecule has 5 nitrogen and oxygen atoms in total. The molecule has 0 saturated heterocycles. The third-order valence-corrected chi connectivity index (χ3v) is 3.77. The Hall–Kier alpha value is -3.05. The van der Waals surface area contributed by atoms with Crippen molar-refractivity contribution < 1.29 is 14.0 Å². The molecule has 3 rings (SSSR count). The van der Waals surface area contributed by atoms with Crippen molar-refractivity contribution >= 4 is 28.3 Å². The average molecular weight is 336 g/mol. The number of nitrogens with one attached hydrogen (secondary N) is 2. The molecule has 2 aromatic carbocycles. The standard InChI is InChI=1S/C20H20N2O3/c1-3-15-8-10-17(11-9-15)21-20(23)13-24-22-14(2)19-12-16-6-4-5-7-18(16)25-19/h4-12,22H,2-3,13H2,1H3,(H,21,23). The van der Waals surface area contributed by atoms with Gasteiger partial charge in [-0.1, -0.05) is 43.8 Å². The topological polar surface area (TPSA) is 63.5 Å². The smallest absolute Gasteiger partial charge is 0.253 e. The Kier molecular flexibility index (Phi) is 5.16. The van der Waals surface area contributed by atoms with Crippen molar-refractivity contribution in [3.05, 3.63) is 72.5 Å². The van der Waals surface area contributed by atoms with E-state index in [9.17, 15) is 4.79 Å². The highest BCUT2D eigenvalue weighted by Gasteiger charge is 2.08. The molecular formula is C20H20N2O3. The second-order valence-corrected chi connectivity index (χ2v) is 5.62. The van der Waals surface area contributed by atoms with Crippen molar-refractivity contribution in [3.8, 4) is 0 Å². The SMILES string of the molecule is C=C(NOCC(=O)Nc1ccc(CC)cc1)c1cc2ccccc2o1. The molecular weight excluding hydrogens is 316 g/mol. The number of aryl methyl sites for hydroxylation is 1. The van der Waals surface area contributed by atoms with Gasteiger partial charge < -0.3 is 9.73 Å². The van der Waals surface area contributed by atoms with Crippen molar-refractivity contribution in [1.82, 2.24) is 5.48 Å². The molecule has 0 atom stereocenters. The molecule has 0 aliphatic rings. The van der Waals surface area contributed by atoms with Crippen molar-refractivity contribution in [3.63, 3.8) is 0 Å². The van der Waals surface area contributed by atoms with Crippen LogP contribution in [0.3, 0.4) is 0 Å². The van der Waals surface area contributed by atoms with Crippen LogP contribution in [0.15, 0.2) is 65.6 Å². The molecule has 0 saturated carbocycles. The van der Waals surface area contributed by atoms with Crippen LogP contribution >= 0.6 is 0 Å². The van der Waals surface area contributed by atoms with Gasteiger partial charge in [-0.15, -0.1) is 0 Å². The third-order valence-electron chi connectivity index (χ3n) is 3.77. The van der Waals surface area contributed by atoms with Gasteiger partial charge in [0, 0.05) is 11.1 Å². The summed E-state index contributed by atoms with van der Waals surface area (Å²) in [5.74, 6) is 0.311. The summed E-state index contributed by atoms with van der Waals surface area (Å²) in [5.41, 5.74) is 5.83. The highest BCUT2D eigenvalue weighted by Crippen LogP contribution is 2.22. The Labute approximate surface area is 146 Å². The summed E-state index contributed by atoms with van der Waals surface area (Å²) >= 11 is 0. The van der Waals surface area contributed by atoms with Gasteiger partial charge in [0.2, 0.25) is 0 Å². The average Bonchev–Trinajstić information content (AvgIpc) is 3.06. The third kappa shape index (κ3) is 4.28. The predicted octanol–water partition coefficient (Wildman–Crippen LogP) is 4.13. The Morgan fingerprint density at radius 1 is 1.16 bits per heavy atom. The number of benzene rings is 2. The second-order valence-electron chi connectivity index (χ2n) is 5.62. The first kappa shape index (κ1) is 16.8. The van der Waals surface area contributed by atoms with Gasteiger partial charge in [-0.05, 0) is 36.2 Å². The fourth-order valence-corrected chi connectivity index (χ4v) is 2.39. The van der Waals surface area contributed by atoms with Gasteiger partial charge in [0.1, 0.15) is 5.58 Å². The van der Waals surface area contributed by atoms with Crippen LogP contribution in [0.1, 0.15) is 18.2 Å².